The van der Waals surface area contributed by atoms with Gasteiger partial charge in [0.2, 0.25) is 5.95 Å². The van der Waals surface area contributed by atoms with Crippen molar-refractivity contribution in [1.29, 1.82) is 0 Å². The standard InChI is InChI=1S/C22H28ClF3N4S/c1-22(2,27-3)10-5-6-14-9-11-30(13-14)16-12-15(24)21(20(26)19(16)23)31-29-18-8-4-7-17(25)28-18/h4,7-8,12,14,27H,5-6,9-11,13H2,1-3H3,(H,28,29). The van der Waals surface area contributed by atoms with Gasteiger partial charge in [0.15, 0.2) is 5.82 Å². The van der Waals surface area contributed by atoms with Crippen molar-refractivity contribution in [3.8, 4) is 0 Å². The first-order chi connectivity index (χ1) is 14.7. The zero-order valence-corrected chi connectivity index (χ0v) is 19.5. The summed E-state index contributed by atoms with van der Waals surface area (Å²) in [7, 11) is 1.97. The molecule has 2 heterocycles. The van der Waals surface area contributed by atoms with E-state index in [1.807, 2.05) is 11.9 Å². The van der Waals surface area contributed by atoms with E-state index in [0.717, 1.165) is 38.8 Å². The first kappa shape index (κ1) is 24.0. The van der Waals surface area contributed by atoms with Crippen molar-refractivity contribution in [1.82, 2.24) is 10.3 Å². The molecule has 1 fully saturated rings. The molecule has 9 heteroatoms. The third-order valence-corrected chi connectivity index (χ3v) is 7.04. The van der Waals surface area contributed by atoms with Gasteiger partial charge in [0.1, 0.15) is 21.6 Å². The third-order valence-electron chi connectivity index (χ3n) is 5.79. The summed E-state index contributed by atoms with van der Waals surface area (Å²) in [5, 5.41) is 3.21. The van der Waals surface area contributed by atoms with Crippen LogP contribution < -0.4 is 14.9 Å². The van der Waals surface area contributed by atoms with Crippen LogP contribution in [0.4, 0.5) is 24.7 Å². The lowest BCUT2D eigenvalue weighted by atomic mass is 9.93. The van der Waals surface area contributed by atoms with E-state index in [-0.39, 0.29) is 21.3 Å². The van der Waals surface area contributed by atoms with Crippen LogP contribution in [-0.4, -0.2) is 30.7 Å². The Morgan fingerprint density at radius 3 is 2.77 bits per heavy atom. The minimum absolute atomic E-state index is 0.102. The van der Waals surface area contributed by atoms with Crippen LogP contribution in [0.5, 0.6) is 0 Å². The van der Waals surface area contributed by atoms with Crippen LogP contribution in [0.1, 0.15) is 39.5 Å². The molecule has 2 aromatic rings. The summed E-state index contributed by atoms with van der Waals surface area (Å²) in [6.45, 7) is 5.81. The second kappa shape index (κ2) is 10.3. The molecule has 1 aromatic carbocycles. The molecule has 3 rings (SSSR count). The van der Waals surface area contributed by atoms with Crippen molar-refractivity contribution in [2.24, 2.45) is 5.92 Å². The number of halogens is 4. The topological polar surface area (TPSA) is 40.2 Å². The highest BCUT2D eigenvalue weighted by atomic mass is 35.5. The lowest BCUT2D eigenvalue weighted by Crippen LogP contribution is -2.36. The molecule has 2 N–H and O–H groups in total. The highest BCUT2D eigenvalue weighted by Crippen LogP contribution is 2.39. The fraction of sp³-hybridized carbons (Fsp3) is 0.500. The summed E-state index contributed by atoms with van der Waals surface area (Å²) in [6.07, 6.45) is 4.22. The molecule has 1 unspecified atom stereocenters. The van der Waals surface area contributed by atoms with E-state index >= 15 is 0 Å². The van der Waals surface area contributed by atoms with Crippen LogP contribution >= 0.6 is 23.5 Å². The molecule has 0 bridgehead atoms. The van der Waals surface area contributed by atoms with Gasteiger partial charge in [-0.2, -0.15) is 4.39 Å². The highest BCUT2D eigenvalue weighted by Gasteiger charge is 2.28. The minimum atomic E-state index is -0.829. The van der Waals surface area contributed by atoms with Crippen molar-refractivity contribution in [3.63, 3.8) is 0 Å². The number of pyridine rings is 1. The number of anilines is 2. The Morgan fingerprint density at radius 2 is 2.06 bits per heavy atom. The zero-order chi connectivity index (χ0) is 22.6. The lowest BCUT2D eigenvalue weighted by Gasteiger charge is -2.25. The van der Waals surface area contributed by atoms with Crippen LogP contribution in [0.3, 0.4) is 0 Å². The van der Waals surface area contributed by atoms with Crippen molar-refractivity contribution in [3.05, 3.63) is 46.9 Å². The molecule has 0 saturated carbocycles. The van der Waals surface area contributed by atoms with Crippen LogP contribution in [0.15, 0.2) is 29.2 Å². The number of nitrogens with zero attached hydrogens (tertiary/aromatic N) is 2. The first-order valence-corrected chi connectivity index (χ1v) is 11.6. The van der Waals surface area contributed by atoms with Crippen molar-refractivity contribution >= 4 is 35.1 Å². The number of hydrogen-bond acceptors (Lipinski definition) is 5. The van der Waals surface area contributed by atoms with E-state index in [2.05, 4.69) is 28.9 Å². The number of rotatable bonds is 9. The molecule has 0 amide bonds. The first-order valence-electron chi connectivity index (χ1n) is 10.4. The van der Waals surface area contributed by atoms with Crippen molar-refractivity contribution < 1.29 is 13.2 Å². The summed E-state index contributed by atoms with van der Waals surface area (Å²) in [5.74, 6) is -1.59. The zero-order valence-electron chi connectivity index (χ0n) is 17.9. The maximum absolute atomic E-state index is 14.9. The van der Waals surface area contributed by atoms with Gasteiger partial charge < -0.3 is 14.9 Å². The van der Waals surface area contributed by atoms with E-state index in [9.17, 15) is 13.2 Å². The van der Waals surface area contributed by atoms with E-state index in [1.54, 1.807) is 0 Å². The van der Waals surface area contributed by atoms with Gasteiger partial charge in [0.25, 0.3) is 0 Å². The van der Waals surface area contributed by atoms with E-state index < -0.39 is 17.6 Å². The predicted molar refractivity (Wildman–Crippen MR) is 122 cm³/mol. The van der Waals surface area contributed by atoms with E-state index in [1.165, 1.54) is 24.3 Å². The van der Waals surface area contributed by atoms with Gasteiger partial charge >= 0.3 is 0 Å². The number of aromatic nitrogens is 1. The van der Waals surface area contributed by atoms with E-state index in [0.29, 0.717) is 23.6 Å². The summed E-state index contributed by atoms with van der Waals surface area (Å²) >= 11 is 6.96. The van der Waals surface area contributed by atoms with Gasteiger partial charge in [-0.05, 0) is 70.2 Å². The lowest BCUT2D eigenvalue weighted by molar-refractivity contribution is 0.360. The van der Waals surface area contributed by atoms with E-state index in [4.69, 9.17) is 11.6 Å². The third kappa shape index (κ3) is 6.20. The second-order valence-corrected chi connectivity index (χ2v) is 9.71. The molecular formula is C22H28ClF3N4S. The normalized spacial score (nSPS) is 16.7. The Balaban J connectivity index is 1.64. The molecule has 0 aliphatic carbocycles. The molecule has 1 atom stereocenters. The summed E-state index contributed by atoms with van der Waals surface area (Å²) in [4.78, 5) is 5.30. The van der Waals surface area contributed by atoms with Crippen molar-refractivity contribution in [2.45, 2.75) is 50.0 Å². The van der Waals surface area contributed by atoms with Crippen LogP contribution in [0.25, 0.3) is 0 Å². The molecule has 1 saturated heterocycles. The summed E-state index contributed by atoms with van der Waals surface area (Å²) in [6, 6.07) is 5.43. The van der Waals surface area contributed by atoms with Gasteiger partial charge in [-0.25, -0.2) is 13.8 Å². The van der Waals surface area contributed by atoms with Crippen LogP contribution in [0.2, 0.25) is 5.02 Å². The monoisotopic (exact) mass is 472 g/mol. The Hall–Kier alpha value is -1.64. The number of hydrogen-bond donors (Lipinski definition) is 2. The Bertz CT molecular complexity index is 913. The van der Waals surface area contributed by atoms with Crippen LogP contribution in [-0.2, 0) is 0 Å². The van der Waals surface area contributed by atoms with Gasteiger partial charge in [-0.1, -0.05) is 24.1 Å². The number of nitrogens with one attached hydrogen (secondary N) is 2. The van der Waals surface area contributed by atoms with Crippen molar-refractivity contribution in [2.75, 3.05) is 29.8 Å². The summed E-state index contributed by atoms with van der Waals surface area (Å²) in [5.41, 5.74) is 0.485. The quantitative estimate of drug-likeness (QED) is 0.256. The largest absolute Gasteiger partial charge is 0.370 e. The SMILES string of the molecule is CNC(C)(C)CCCC1CCN(c2cc(F)c(SNc3cccc(F)n3)c(F)c2Cl)C1. The molecule has 1 aromatic heterocycles. The van der Waals surface area contributed by atoms with Gasteiger partial charge in [0.05, 0.1) is 5.69 Å². The maximum atomic E-state index is 14.9. The fourth-order valence-electron chi connectivity index (χ4n) is 3.70. The molecule has 1 aliphatic heterocycles. The number of benzene rings is 1. The van der Waals surface area contributed by atoms with Gasteiger partial charge in [-0.3, -0.25) is 0 Å². The molecule has 1 aliphatic rings. The average molecular weight is 473 g/mol. The Morgan fingerprint density at radius 1 is 1.29 bits per heavy atom. The molecule has 31 heavy (non-hydrogen) atoms. The van der Waals surface area contributed by atoms with Crippen LogP contribution in [0, 0.1) is 23.5 Å². The Kier molecular flexibility index (Phi) is 7.99. The maximum Gasteiger partial charge on any atom is 0.214 e. The molecule has 4 nitrogen and oxygen atoms in total. The molecule has 0 radical (unpaired) electrons. The molecule has 0 spiro atoms. The minimum Gasteiger partial charge on any atom is -0.370 e. The fourth-order valence-corrected chi connectivity index (χ4v) is 4.70. The molecular weight excluding hydrogens is 445 g/mol. The second-order valence-electron chi connectivity index (χ2n) is 8.51. The van der Waals surface area contributed by atoms with Gasteiger partial charge in [-0.15, -0.1) is 0 Å². The Labute approximate surface area is 191 Å². The smallest absolute Gasteiger partial charge is 0.214 e. The van der Waals surface area contributed by atoms with Gasteiger partial charge in [0, 0.05) is 24.7 Å². The molecule has 170 valence electrons. The highest BCUT2D eigenvalue weighted by molar-refractivity contribution is 8.00. The summed E-state index contributed by atoms with van der Waals surface area (Å²) < 4.78 is 45.4. The predicted octanol–water partition coefficient (Wildman–Crippen LogP) is 6.27. The average Bonchev–Trinajstić information content (AvgIpc) is 3.19.